The van der Waals surface area contributed by atoms with Gasteiger partial charge in [-0.1, -0.05) is 12.1 Å². The molecule has 2 rings (SSSR count). The molecule has 0 radical (unpaired) electrons. The van der Waals surface area contributed by atoms with Gasteiger partial charge in [-0.25, -0.2) is 4.79 Å². The first-order valence-electron chi connectivity index (χ1n) is 7.56. The van der Waals surface area contributed by atoms with Crippen LogP contribution in [-0.4, -0.2) is 23.5 Å². The molecular weight excluding hydrogens is 421 g/mol. The Bertz CT molecular complexity index is 687. The van der Waals surface area contributed by atoms with Gasteiger partial charge in [-0.05, 0) is 73.2 Å². The van der Waals surface area contributed by atoms with Gasteiger partial charge in [0.2, 0.25) is 5.78 Å². The molecule has 5 nitrogen and oxygen atoms in total. The lowest BCUT2D eigenvalue weighted by Gasteiger charge is -2.23. The van der Waals surface area contributed by atoms with E-state index in [-0.39, 0.29) is 11.5 Å². The minimum atomic E-state index is -0.758. The molecule has 1 heterocycles. The zero-order valence-electron chi connectivity index (χ0n) is 13.8. The van der Waals surface area contributed by atoms with Crippen LogP contribution in [0.3, 0.4) is 0 Å². The van der Waals surface area contributed by atoms with Crippen LogP contribution in [0.4, 0.5) is 4.79 Å². The van der Waals surface area contributed by atoms with Crippen LogP contribution in [0.2, 0.25) is 0 Å². The number of ether oxygens (including phenoxy) is 1. The highest BCUT2D eigenvalue weighted by Crippen LogP contribution is 2.14. The van der Waals surface area contributed by atoms with E-state index in [9.17, 15) is 9.59 Å². The van der Waals surface area contributed by atoms with Gasteiger partial charge in [0.1, 0.15) is 11.6 Å². The molecular formula is C18H20INO4. The Morgan fingerprint density at radius 3 is 2.42 bits per heavy atom. The highest BCUT2D eigenvalue weighted by molar-refractivity contribution is 14.1. The predicted octanol–water partition coefficient (Wildman–Crippen LogP) is 4.20. The van der Waals surface area contributed by atoms with E-state index in [1.54, 1.807) is 32.9 Å². The van der Waals surface area contributed by atoms with E-state index >= 15 is 0 Å². The van der Waals surface area contributed by atoms with Crippen molar-refractivity contribution in [3.05, 3.63) is 57.6 Å². The van der Waals surface area contributed by atoms with Crippen molar-refractivity contribution in [1.29, 1.82) is 0 Å². The van der Waals surface area contributed by atoms with Crippen molar-refractivity contribution in [1.82, 2.24) is 5.32 Å². The fraction of sp³-hybridized carbons (Fsp3) is 0.333. The fourth-order valence-electron chi connectivity index (χ4n) is 2.11. The molecule has 1 amide bonds. The second kappa shape index (κ2) is 7.83. The maximum absolute atomic E-state index is 12.6. The zero-order chi connectivity index (χ0) is 17.7. The number of carbonyl (C=O) groups excluding carboxylic acids is 2. The van der Waals surface area contributed by atoms with Crippen molar-refractivity contribution < 1.29 is 18.7 Å². The van der Waals surface area contributed by atoms with Crippen LogP contribution < -0.4 is 5.32 Å². The Balaban J connectivity index is 2.16. The number of furan rings is 1. The van der Waals surface area contributed by atoms with Crippen molar-refractivity contribution in [2.75, 3.05) is 0 Å². The molecule has 128 valence electrons. The molecule has 1 aromatic heterocycles. The van der Waals surface area contributed by atoms with Crippen LogP contribution >= 0.6 is 22.6 Å². The van der Waals surface area contributed by atoms with E-state index in [2.05, 4.69) is 27.9 Å². The van der Waals surface area contributed by atoms with Crippen molar-refractivity contribution in [2.24, 2.45) is 0 Å². The summed E-state index contributed by atoms with van der Waals surface area (Å²) < 4.78 is 11.5. The summed E-state index contributed by atoms with van der Waals surface area (Å²) in [5.74, 6) is -0.0778. The summed E-state index contributed by atoms with van der Waals surface area (Å²) in [6.07, 6.45) is 1.16. The van der Waals surface area contributed by atoms with E-state index in [0.717, 1.165) is 9.13 Å². The number of benzene rings is 1. The summed E-state index contributed by atoms with van der Waals surface area (Å²) in [5.41, 5.74) is 0.307. The smallest absolute Gasteiger partial charge is 0.408 e. The van der Waals surface area contributed by atoms with Gasteiger partial charge in [0.25, 0.3) is 0 Å². The Labute approximate surface area is 154 Å². The minimum absolute atomic E-state index is 0.210. The summed E-state index contributed by atoms with van der Waals surface area (Å²) in [5, 5.41) is 2.65. The third-order valence-corrected chi connectivity index (χ3v) is 3.84. The molecule has 0 aliphatic rings. The third-order valence-electron chi connectivity index (χ3n) is 3.12. The summed E-state index contributed by atoms with van der Waals surface area (Å²) in [6.45, 7) is 5.32. The third kappa shape index (κ3) is 5.67. The van der Waals surface area contributed by atoms with Gasteiger partial charge >= 0.3 is 6.09 Å². The number of alkyl carbamates (subject to hydrolysis) is 1. The Morgan fingerprint density at radius 2 is 1.88 bits per heavy atom. The largest absolute Gasteiger partial charge is 0.461 e. The van der Waals surface area contributed by atoms with E-state index in [0.29, 0.717) is 6.42 Å². The second-order valence-corrected chi connectivity index (χ2v) is 7.62. The molecule has 0 saturated carbocycles. The quantitative estimate of drug-likeness (QED) is 0.558. The molecule has 1 N–H and O–H groups in total. The first kappa shape index (κ1) is 18.5. The van der Waals surface area contributed by atoms with Crippen molar-refractivity contribution in [3.8, 4) is 0 Å². The molecule has 0 aliphatic heterocycles. The molecule has 0 spiro atoms. The number of rotatable bonds is 5. The van der Waals surface area contributed by atoms with Gasteiger partial charge in [-0.3, -0.25) is 4.79 Å². The summed E-state index contributed by atoms with van der Waals surface area (Å²) >= 11 is 2.21. The lowest BCUT2D eigenvalue weighted by molar-refractivity contribution is 0.0489. The van der Waals surface area contributed by atoms with Crippen LogP contribution in [0.25, 0.3) is 0 Å². The molecule has 6 heteroatoms. The highest BCUT2D eigenvalue weighted by Gasteiger charge is 2.27. The fourth-order valence-corrected chi connectivity index (χ4v) is 2.47. The lowest BCUT2D eigenvalue weighted by atomic mass is 10.0. The SMILES string of the molecule is CC(C)(C)OC(=O)N[C@@H](Cc1ccc(I)cc1)C(=O)c1ccco1. The first-order chi connectivity index (χ1) is 11.2. The maximum Gasteiger partial charge on any atom is 0.408 e. The summed E-state index contributed by atoms with van der Waals surface area (Å²) in [7, 11) is 0. The van der Waals surface area contributed by atoms with Gasteiger partial charge in [0, 0.05) is 9.99 Å². The van der Waals surface area contributed by atoms with Crippen molar-refractivity contribution in [3.63, 3.8) is 0 Å². The first-order valence-corrected chi connectivity index (χ1v) is 8.64. The number of carbonyl (C=O) groups is 2. The Morgan fingerprint density at radius 1 is 1.21 bits per heavy atom. The topological polar surface area (TPSA) is 68.5 Å². The number of amides is 1. The second-order valence-electron chi connectivity index (χ2n) is 6.37. The molecule has 1 atom stereocenters. The number of nitrogens with one attached hydrogen (secondary N) is 1. The van der Waals surface area contributed by atoms with Crippen LogP contribution in [0.1, 0.15) is 36.9 Å². The zero-order valence-corrected chi connectivity index (χ0v) is 16.0. The summed E-state index contributed by atoms with van der Waals surface area (Å²) in [4.78, 5) is 24.7. The predicted molar refractivity (Wildman–Crippen MR) is 99.1 cm³/mol. The maximum atomic E-state index is 12.6. The van der Waals surface area contributed by atoms with E-state index < -0.39 is 17.7 Å². The monoisotopic (exact) mass is 441 g/mol. The van der Waals surface area contributed by atoms with Gasteiger partial charge < -0.3 is 14.5 Å². The molecule has 2 aromatic rings. The van der Waals surface area contributed by atoms with Gasteiger partial charge in [-0.2, -0.15) is 0 Å². The van der Waals surface area contributed by atoms with E-state index in [4.69, 9.17) is 9.15 Å². The minimum Gasteiger partial charge on any atom is -0.461 e. The van der Waals surface area contributed by atoms with Crippen LogP contribution in [-0.2, 0) is 11.2 Å². The Kier molecular flexibility index (Phi) is 6.04. The van der Waals surface area contributed by atoms with E-state index in [1.165, 1.54) is 6.26 Å². The molecule has 0 fully saturated rings. The van der Waals surface area contributed by atoms with Gasteiger partial charge in [0.05, 0.1) is 6.26 Å². The van der Waals surface area contributed by atoms with Gasteiger partial charge in [-0.15, -0.1) is 0 Å². The molecule has 24 heavy (non-hydrogen) atoms. The molecule has 0 unspecified atom stereocenters. The van der Waals surface area contributed by atoms with Crippen molar-refractivity contribution in [2.45, 2.75) is 38.8 Å². The lowest BCUT2D eigenvalue weighted by Crippen LogP contribution is -2.44. The van der Waals surface area contributed by atoms with Crippen molar-refractivity contribution >= 4 is 34.5 Å². The van der Waals surface area contributed by atoms with Gasteiger partial charge in [0.15, 0.2) is 5.76 Å². The number of hydrogen-bond acceptors (Lipinski definition) is 4. The van der Waals surface area contributed by atoms with Crippen LogP contribution in [0.5, 0.6) is 0 Å². The highest BCUT2D eigenvalue weighted by atomic mass is 127. The molecule has 0 aliphatic carbocycles. The van der Waals surface area contributed by atoms with Crippen LogP contribution in [0, 0.1) is 3.57 Å². The molecule has 1 aromatic carbocycles. The van der Waals surface area contributed by atoms with Crippen LogP contribution in [0.15, 0.2) is 47.1 Å². The average molecular weight is 441 g/mol. The number of Topliss-reactive ketones (excluding diaryl/α,β-unsaturated/α-hetero) is 1. The van der Waals surface area contributed by atoms with E-state index in [1.807, 2.05) is 24.3 Å². The number of halogens is 1. The molecule has 0 bridgehead atoms. The number of ketones is 1. The average Bonchev–Trinajstić information content (AvgIpc) is 3.00. The Hall–Kier alpha value is -1.83. The standard InChI is InChI=1S/C18H20INO4/c1-18(2,3)24-17(22)20-14(16(21)15-5-4-10-23-15)11-12-6-8-13(19)9-7-12/h4-10,14H,11H2,1-3H3,(H,20,22)/t14-/m0/s1. The molecule has 0 saturated heterocycles. The summed E-state index contributed by atoms with van der Waals surface area (Å²) in [6, 6.07) is 10.2. The number of hydrogen-bond donors (Lipinski definition) is 1. The normalized spacial score (nSPS) is 12.5.